The predicted octanol–water partition coefficient (Wildman–Crippen LogP) is 0.628. The number of rotatable bonds is 6. The van der Waals surface area contributed by atoms with Crippen molar-refractivity contribution in [2.75, 3.05) is 19.8 Å². The molecule has 6 nitrogen and oxygen atoms in total. The van der Waals surface area contributed by atoms with Gasteiger partial charge >= 0.3 is 5.97 Å². The van der Waals surface area contributed by atoms with E-state index in [-0.39, 0.29) is 16.7 Å². The van der Waals surface area contributed by atoms with E-state index in [0.29, 0.717) is 25.3 Å². The molecule has 1 fully saturated rings. The molecule has 0 aromatic heterocycles. The summed E-state index contributed by atoms with van der Waals surface area (Å²) in [7, 11) is -3.57. The van der Waals surface area contributed by atoms with Crippen LogP contribution in [0.25, 0.3) is 0 Å². The second-order valence-corrected chi connectivity index (χ2v) is 7.11. The normalized spacial score (nSPS) is 17.4. The summed E-state index contributed by atoms with van der Waals surface area (Å²) in [6.07, 6.45) is -0.122. The van der Waals surface area contributed by atoms with Gasteiger partial charge in [-0.1, -0.05) is 19.1 Å². The Labute approximate surface area is 117 Å². The molecule has 1 aromatic carbocycles. The third-order valence-electron chi connectivity index (χ3n) is 3.18. The Balaban J connectivity index is 2.03. The molecular weight excluding hydrogens is 282 g/mol. The minimum atomic E-state index is -3.57. The van der Waals surface area contributed by atoms with E-state index in [9.17, 15) is 13.2 Å². The third kappa shape index (κ3) is 3.56. The van der Waals surface area contributed by atoms with Gasteiger partial charge in [0.2, 0.25) is 10.0 Å². The average molecular weight is 299 g/mol. The highest BCUT2D eigenvalue weighted by molar-refractivity contribution is 7.89. The van der Waals surface area contributed by atoms with Crippen LogP contribution in [0.2, 0.25) is 0 Å². The van der Waals surface area contributed by atoms with Crippen LogP contribution in [0.5, 0.6) is 0 Å². The van der Waals surface area contributed by atoms with Crippen LogP contribution in [-0.2, 0) is 26.0 Å². The van der Waals surface area contributed by atoms with E-state index in [1.165, 1.54) is 24.3 Å². The molecule has 1 aliphatic heterocycles. The van der Waals surface area contributed by atoms with Crippen LogP contribution in [0.15, 0.2) is 29.2 Å². The Hall–Kier alpha value is -1.44. The summed E-state index contributed by atoms with van der Waals surface area (Å²) in [6, 6.07) is 5.86. The van der Waals surface area contributed by atoms with Gasteiger partial charge < -0.3 is 9.84 Å². The molecule has 0 atom stereocenters. The summed E-state index contributed by atoms with van der Waals surface area (Å²) in [6.45, 7) is 3.38. The zero-order chi connectivity index (χ0) is 14.8. The van der Waals surface area contributed by atoms with E-state index in [4.69, 9.17) is 9.84 Å². The number of benzene rings is 1. The fraction of sp³-hybridized carbons (Fsp3) is 0.462. The highest BCUT2D eigenvalue weighted by Gasteiger charge is 2.34. The number of hydrogen-bond donors (Lipinski definition) is 2. The lowest BCUT2D eigenvalue weighted by Crippen LogP contribution is -2.48. The number of ether oxygens (including phenoxy) is 1. The van der Waals surface area contributed by atoms with Gasteiger partial charge in [0.25, 0.3) is 0 Å². The molecule has 0 aliphatic carbocycles. The summed E-state index contributed by atoms with van der Waals surface area (Å²) >= 11 is 0. The number of sulfonamides is 1. The molecule has 0 bridgehead atoms. The van der Waals surface area contributed by atoms with Crippen molar-refractivity contribution in [2.24, 2.45) is 5.41 Å². The Bertz CT molecular complexity index is 590. The second-order valence-electron chi connectivity index (χ2n) is 5.34. The van der Waals surface area contributed by atoms with Crippen molar-refractivity contribution < 1.29 is 23.1 Å². The smallest absolute Gasteiger partial charge is 0.307 e. The van der Waals surface area contributed by atoms with Crippen LogP contribution in [0.1, 0.15) is 12.5 Å². The molecule has 1 aliphatic rings. The minimum Gasteiger partial charge on any atom is -0.481 e. The molecule has 0 radical (unpaired) electrons. The average Bonchev–Trinajstić information content (AvgIpc) is 2.34. The molecular formula is C13H17NO5S. The van der Waals surface area contributed by atoms with E-state index < -0.39 is 16.0 Å². The number of hydrogen-bond acceptors (Lipinski definition) is 4. The first-order valence-electron chi connectivity index (χ1n) is 6.19. The first-order chi connectivity index (χ1) is 9.31. The maximum absolute atomic E-state index is 12.1. The van der Waals surface area contributed by atoms with Crippen molar-refractivity contribution in [1.82, 2.24) is 4.72 Å². The van der Waals surface area contributed by atoms with E-state index in [0.717, 1.165) is 0 Å². The fourth-order valence-corrected chi connectivity index (χ4v) is 3.07. The van der Waals surface area contributed by atoms with Crippen molar-refractivity contribution in [1.29, 1.82) is 0 Å². The molecule has 1 aromatic rings. The van der Waals surface area contributed by atoms with Crippen LogP contribution in [-0.4, -0.2) is 39.3 Å². The third-order valence-corrected chi connectivity index (χ3v) is 4.60. The number of carboxylic acids is 1. The van der Waals surface area contributed by atoms with Gasteiger partial charge in [0.15, 0.2) is 0 Å². The molecule has 0 saturated carbocycles. The Morgan fingerprint density at radius 3 is 2.40 bits per heavy atom. The molecule has 0 amide bonds. The molecule has 0 spiro atoms. The predicted molar refractivity (Wildman–Crippen MR) is 71.9 cm³/mol. The molecule has 2 rings (SSSR count). The Morgan fingerprint density at radius 2 is 1.95 bits per heavy atom. The number of aliphatic carboxylic acids is 1. The molecule has 1 saturated heterocycles. The minimum absolute atomic E-state index is 0.122. The van der Waals surface area contributed by atoms with Crippen molar-refractivity contribution >= 4 is 16.0 Å². The van der Waals surface area contributed by atoms with Gasteiger partial charge in [0.1, 0.15) is 0 Å². The van der Waals surface area contributed by atoms with Gasteiger partial charge in [-0.3, -0.25) is 4.79 Å². The highest BCUT2D eigenvalue weighted by Crippen LogP contribution is 2.25. The standard InChI is InChI=1S/C13H17NO5S/c1-13(8-19-9-13)7-14-20(17,18)11-4-2-10(3-5-11)6-12(15)16/h2-5,14H,6-9H2,1H3,(H,15,16). The quantitative estimate of drug-likeness (QED) is 0.803. The van der Waals surface area contributed by atoms with Crippen molar-refractivity contribution in [3.63, 3.8) is 0 Å². The lowest BCUT2D eigenvalue weighted by Gasteiger charge is -2.37. The SMILES string of the molecule is CC1(CNS(=O)(=O)c2ccc(CC(=O)O)cc2)COC1. The van der Waals surface area contributed by atoms with Gasteiger partial charge in [-0.25, -0.2) is 13.1 Å². The Morgan fingerprint density at radius 1 is 1.35 bits per heavy atom. The largest absolute Gasteiger partial charge is 0.481 e. The van der Waals surface area contributed by atoms with Gasteiger partial charge in [0.05, 0.1) is 24.5 Å². The Kier molecular flexibility index (Phi) is 4.12. The molecule has 20 heavy (non-hydrogen) atoms. The lowest BCUT2D eigenvalue weighted by molar-refractivity contribution is -0.136. The fourth-order valence-electron chi connectivity index (χ4n) is 1.87. The second kappa shape index (κ2) is 5.51. The molecule has 1 heterocycles. The summed E-state index contributed by atoms with van der Waals surface area (Å²) in [5, 5.41) is 8.66. The lowest BCUT2D eigenvalue weighted by atomic mass is 9.89. The van der Waals surface area contributed by atoms with Crippen LogP contribution < -0.4 is 4.72 Å². The highest BCUT2D eigenvalue weighted by atomic mass is 32.2. The van der Waals surface area contributed by atoms with Crippen LogP contribution in [0, 0.1) is 5.41 Å². The van der Waals surface area contributed by atoms with Gasteiger partial charge in [-0.15, -0.1) is 0 Å². The molecule has 7 heteroatoms. The van der Waals surface area contributed by atoms with E-state index in [1.807, 2.05) is 6.92 Å². The van der Waals surface area contributed by atoms with Crippen molar-refractivity contribution in [3.8, 4) is 0 Å². The van der Waals surface area contributed by atoms with Crippen LogP contribution >= 0.6 is 0 Å². The maximum atomic E-state index is 12.1. The van der Waals surface area contributed by atoms with Crippen molar-refractivity contribution in [2.45, 2.75) is 18.2 Å². The van der Waals surface area contributed by atoms with Crippen LogP contribution in [0.4, 0.5) is 0 Å². The topological polar surface area (TPSA) is 92.7 Å². The summed E-state index contributed by atoms with van der Waals surface area (Å²) in [4.78, 5) is 10.7. The van der Waals surface area contributed by atoms with Gasteiger partial charge in [-0.2, -0.15) is 0 Å². The maximum Gasteiger partial charge on any atom is 0.307 e. The van der Waals surface area contributed by atoms with E-state index in [1.54, 1.807) is 0 Å². The molecule has 0 unspecified atom stereocenters. The zero-order valence-electron chi connectivity index (χ0n) is 11.1. The van der Waals surface area contributed by atoms with Crippen LogP contribution in [0.3, 0.4) is 0 Å². The monoisotopic (exact) mass is 299 g/mol. The number of nitrogens with one attached hydrogen (secondary N) is 1. The summed E-state index contributed by atoms with van der Waals surface area (Å²) < 4.78 is 31.8. The van der Waals surface area contributed by atoms with Gasteiger partial charge in [-0.05, 0) is 17.7 Å². The summed E-state index contributed by atoms with van der Waals surface area (Å²) in [5.41, 5.74) is 0.423. The first kappa shape index (κ1) is 15.0. The van der Waals surface area contributed by atoms with E-state index in [2.05, 4.69) is 4.72 Å². The number of carbonyl (C=O) groups is 1. The van der Waals surface area contributed by atoms with Crippen molar-refractivity contribution in [3.05, 3.63) is 29.8 Å². The van der Waals surface area contributed by atoms with E-state index >= 15 is 0 Å². The summed E-state index contributed by atoms with van der Waals surface area (Å²) in [5.74, 6) is -0.948. The van der Waals surface area contributed by atoms with Gasteiger partial charge in [0, 0.05) is 12.0 Å². The first-order valence-corrected chi connectivity index (χ1v) is 7.67. The zero-order valence-corrected chi connectivity index (χ0v) is 11.9. The molecule has 2 N–H and O–H groups in total. The number of carboxylic acid groups (broad SMARTS) is 1. The molecule has 110 valence electrons.